The van der Waals surface area contributed by atoms with Gasteiger partial charge in [-0.2, -0.15) is 0 Å². The maximum Gasteiger partial charge on any atom is 0.0605 e. The van der Waals surface area contributed by atoms with Gasteiger partial charge in [0.2, 0.25) is 0 Å². The van der Waals surface area contributed by atoms with E-state index in [1.165, 1.54) is 16.7 Å². The third-order valence-electron chi connectivity index (χ3n) is 3.99. The SMILES string of the molecule is Cc1cccc(C)c1CN1CCC(OCCCl)CC1. The maximum absolute atomic E-state index is 5.72. The van der Waals surface area contributed by atoms with Gasteiger partial charge in [-0.1, -0.05) is 18.2 Å². The van der Waals surface area contributed by atoms with Gasteiger partial charge in [-0.15, -0.1) is 11.6 Å². The van der Waals surface area contributed by atoms with Crippen molar-refractivity contribution in [1.29, 1.82) is 0 Å². The maximum atomic E-state index is 5.72. The van der Waals surface area contributed by atoms with Crippen molar-refractivity contribution in [2.75, 3.05) is 25.6 Å². The summed E-state index contributed by atoms with van der Waals surface area (Å²) in [6.07, 6.45) is 2.66. The summed E-state index contributed by atoms with van der Waals surface area (Å²) in [5, 5.41) is 0. The Labute approximate surface area is 121 Å². The first-order valence-corrected chi connectivity index (χ1v) is 7.69. The van der Waals surface area contributed by atoms with Crippen molar-refractivity contribution in [3.63, 3.8) is 0 Å². The fourth-order valence-corrected chi connectivity index (χ4v) is 2.86. The van der Waals surface area contributed by atoms with Gasteiger partial charge in [-0.25, -0.2) is 0 Å². The lowest BCUT2D eigenvalue weighted by atomic mass is 10.0. The van der Waals surface area contributed by atoms with E-state index in [4.69, 9.17) is 16.3 Å². The van der Waals surface area contributed by atoms with Crippen LogP contribution in [0.15, 0.2) is 18.2 Å². The van der Waals surface area contributed by atoms with E-state index in [0.717, 1.165) is 32.5 Å². The average Bonchev–Trinajstić information content (AvgIpc) is 2.42. The second kappa shape index (κ2) is 7.28. The minimum absolute atomic E-state index is 0.410. The lowest BCUT2D eigenvalue weighted by Gasteiger charge is -2.32. The monoisotopic (exact) mass is 281 g/mol. The summed E-state index contributed by atoms with van der Waals surface area (Å²) in [6, 6.07) is 6.55. The Bertz CT molecular complexity index is 379. The molecule has 0 aliphatic carbocycles. The molecule has 0 spiro atoms. The van der Waals surface area contributed by atoms with Crippen molar-refractivity contribution < 1.29 is 4.74 Å². The summed E-state index contributed by atoms with van der Waals surface area (Å²) >= 11 is 5.66. The normalized spacial score (nSPS) is 17.8. The smallest absolute Gasteiger partial charge is 0.0605 e. The minimum Gasteiger partial charge on any atom is -0.377 e. The number of halogens is 1. The van der Waals surface area contributed by atoms with Crippen molar-refractivity contribution >= 4 is 11.6 Å². The second-order valence-corrected chi connectivity index (χ2v) is 5.78. The molecule has 2 nitrogen and oxygen atoms in total. The Morgan fingerprint density at radius 3 is 2.42 bits per heavy atom. The molecular formula is C16H24ClNO. The van der Waals surface area contributed by atoms with Gasteiger partial charge in [0, 0.05) is 25.5 Å². The molecule has 1 heterocycles. The number of ether oxygens (including phenoxy) is 1. The standard InChI is InChI=1S/C16H24ClNO/c1-13-4-3-5-14(2)16(13)12-18-9-6-15(7-10-18)19-11-8-17/h3-5,15H,6-12H2,1-2H3. The molecule has 19 heavy (non-hydrogen) atoms. The summed E-state index contributed by atoms with van der Waals surface area (Å²) < 4.78 is 5.72. The molecule has 3 heteroatoms. The van der Waals surface area contributed by atoms with Crippen LogP contribution in [0.5, 0.6) is 0 Å². The minimum atomic E-state index is 0.410. The fraction of sp³-hybridized carbons (Fsp3) is 0.625. The van der Waals surface area contributed by atoms with E-state index in [-0.39, 0.29) is 0 Å². The van der Waals surface area contributed by atoms with Gasteiger partial charge in [0.15, 0.2) is 0 Å². The molecule has 1 fully saturated rings. The van der Waals surface area contributed by atoms with Gasteiger partial charge in [0.1, 0.15) is 0 Å². The Morgan fingerprint density at radius 1 is 1.21 bits per heavy atom. The summed E-state index contributed by atoms with van der Waals surface area (Å²) in [4.78, 5) is 2.54. The topological polar surface area (TPSA) is 12.5 Å². The molecule has 1 aliphatic rings. The quantitative estimate of drug-likeness (QED) is 0.766. The molecule has 0 saturated carbocycles. The zero-order valence-corrected chi connectivity index (χ0v) is 12.7. The number of hydrogen-bond donors (Lipinski definition) is 0. The molecule has 1 saturated heterocycles. The van der Waals surface area contributed by atoms with E-state index in [1.807, 2.05) is 0 Å². The van der Waals surface area contributed by atoms with Crippen LogP contribution in [0, 0.1) is 13.8 Å². The van der Waals surface area contributed by atoms with Gasteiger partial charge in [0.25, 0.3) is 0 Å². The van der Waals surface area contributed by atoms with Crippen LogP contribution in [0.4, 0.5) is 0 Å². The fourth-order valence-electron chi connectivity index (χ4n) is 2.77. The number of piperidine rings is 1. The molecule has 1 aliphatic heterocycles. The first-order chi connectivity index (χ1) is 9.20. The lowest BCUT2D eigenvalue weighted by Crippen LogP contribution is -2.37. The first-order valence-electron chi connectivity index (χ1n) is 7.15. The highest BCUT2D eigenvalue weighted by atomic mass is 35.5. The zero-order valence-electron chi connectivity index (χ0n) is 12.0. The molecule has 1 aromatic carbocycles. The molecule has 2 rings (SSSR count). The number of likely N-dealkylation sites (tertiary alicyclic amines) is 1. The van der Waals surface area contributed by atoms with Gasteiger partial charge >= 0.3 is 0 Å². The molecule has 0 atom stereocenters. The van der Waals surface area contributed by atoms with Crippen molar-refractivity contribution in [2.45, 2.75) is 39.3 Å². The lowest BCUT2D eigenvalue weighted by molar-refractivity contribution is 0.0134. The molecule has 0 radical (unpaired) electrons. The molecule has 1 aromatic rings. The number of hydrogen-bond acceptors (Lipinski definition) is 2. The largest absolute Gasteiger partial charge is 0.377 e. The van der Waals surface area contributed by atoms with E-state index in [1.54, 1.807) is 0 Å². The number of nitrogens with zero attached hydrogens (tertiary/aromatic N) is 1. The molecule has 0 N–H and O–H groups in total. The molecule has 0 unspecified atom stereocenters. The van der Waals surface area contributed by atoms with Gasteiger partial charge in [-0.3, -0.25) is 4.90 Å². The number of alkyl halides is 1. The highest BCUT2D eigenvalue weighted by Gasteiger charge is 2.20. The van der Waals surface area contributed by atoms with Crippen LogP contribution in [0.1, 0.15) is 29.5 Å². The van der Waals surface area contributed by atoms with E-state index in [2.05, 4.69) is 36.9 Å². The summed E-state index contributed by atoms with van der Waals surface area (Å²) in [6.45, 7) is 8.42. The van der Waals surface area contributed by atoms with E-state index >= 15 is 0 Å². The molecular weight excluding hydrogens is 258 g/mol. The van der Waals surface area contributed by atoms with Crippen molar-refractivity contribution in [1.82, 2.24) is 4.90 Å². The molecule has 106 valence electrons. The molecule has 0 amide bonds. The van der Waals surface area contributed by atoms with Crippen LogP contribution in [-0.2, 0) is 11.3 Å². The van der Waals surface area contributed by atoms with E-state index < -0.39 is 0 Å². The third kappa shape index (κ3) is 4.20. The van der Waals surface area contributed by atoms with Crippen LogP contribution in [0.2, 0.25) is 0 Å². The highest BCUT2D eigenvalue weighted by Crippen LogP contribution is 2.20. The Balaban J connectivity index is 1.85. The van der Waals surface area contributed by atoms with E-state index in [0.29, 0.717) is 18.6 Å². The van der Waals surface area contributed by atoms with Crippen LogP contribution >= 0.6 is 11.6 Å². The predicted molar refractivity (Wildman–Crippen MR) is 80.9 cm³/mol. The van der Waals surface area contributed by atoms with Crippen LogP contribution in [0.25, 0.3) is 0 Å². The molecule has 0 aromatic heterocycles. The van der Waals surface area contributed by atoms with E-state index in [9.17, 15) is 0 Å². The zero-order chi connectivity index (χ0) is 13.7. The summed E-state index contributed by atoms with van der Waals surface area (Å²) in [7, 11) is 0. The predicted octanol–water partition coefficient (Wildman–Crippen LogP) is 3.52. The van der Waals surface area contributed by atoms with Gasteiger partial charge < -0.3 is 4.74 Å². The summed E-state index contributed by atoms with van der Waals surface area (Å²) in [5.74, 6) is 0.600. The Hall–Kier alpha value is -0.570. The first kappa shape index (κ1) is 14.8. The van der Waals surface area contributed by atoms with Crippen molar-refractivity contribution in [3.8, 4) is 0 Å². The third-order valence-corrected chi connectivity index (χ3v) is 4.15. The summed E-state index contributed by atoms with van der Waals surface area (Å²) in [5.41, 5.74) is 4.30. The average molecular weight is 282 g/mol. The number of benzene rings is 1. The van der Waals surface area contributed by atoms with Crippen LogP contribution in [-0.4, -0.2) is 36.6 Å². The number of rotatable bonds is 5. The van der Waals surface area contributed by atoms with Crippen molar-refractivity contribution in [2.24, 2.45) is 0 Å². The Kier molecular flexibility index (Phi) is 5.68. The van der Waals surface area contributed by atoms with Crippen LogP contribution in [0.3, 0.4) is 0 Å². The van der Waals surface area contributed by atoms with Gasteiger partial charge in [0.05, 0.1) is 12.7 Å². The van der Waals surface area contributed by atoms with Crippen LogP contribution < -0.4 is 0 Å². The van der Waals surface area contributed by atoms with Crippen molar-refractivity contribution in [3.05, 3.63) is 34.9 Å². The van der Waals surface area contributed by atoms with Gasteiger partial charge in [-0.05, 0) is 43.4 Å². The number of aryl methyl sites for hydroxylation is 2. The highest BCUT2D eigenvalue weighted by molar-refractivity contribution is 6.17. The Morgan fingerprint density at radius 2 is 1.84 bits per heavy atom. The molecule has 0 bridgehead atoms. The second-order valence-electron chi connectivity index (χ2n) is 5.41.